The molecule has 1 rings (SSSR count). The Balaban J connectivity index is 2.83. The van der Waals surface area contributed by atoms with Crippen molar-refractivity contribution in [3.63, 3.8) is 0 Å². The number of carbonyl (C=O) groups excluding carboxylic acids is 1. The van der Waals surface area contributed by atoms with Gasteiger partial charge in [-0.3, -0.25) is 4.79 Å². The molecular weight excluding hydrogens is 188 g/mol. The highest BCUT2D eigenvalue weighted by Crippen LogP contribution is 2.21. The molecule has 78 valence electrons. The summed E-state index contributed by atoms with van der Waals surface area (Å²) in [5, 5.41) is 0. The fourth-order valence-electron chi connectivity index (χ4n) is 1.46. The lowest BCUT2D eigenvalue weighted by Crippen LogP contribution is -2.15. The van der Waals surface area contributed by atoms with Crippen molar-refractivity contribution in [2.75, 3.05) is 0 Å². The highest BCUT2D eigenvalue weighted by Gasteiger charge is 2.19. The minimum atomic E-state index is -0.208. The van der Waals surface area contributed by atoms with Crippen LogP contribution in [-0.4, -0.2) is 12.2 Å². The molecule has 0 aromatic heterocycles. The average molecular weight is 202 g/mol. The molecule has 3 nitrogen and oxygen atoms in total. The first-order valence-electron chi connectivity index (χ1n) is 4.95. The SMILES string of the molecule is CCCC(C(=O)N=CN)C1=CC=C=C=C1. The van der Waals surface area contributed by atoms with Gasteiger partial charge in [-0.05, 0) is 30.2 Å². The van der Waals surface area contributed by atoms with Crippen molar-refractivity contribution in [1.29, 1.82) is 0 Å². The van der Waals surface area contributed by atoms with Crippen molar-refractivity contribution >= 4 is 12.2 Å². The smallest absolute Gasteiger partial charge is 0.254 e. The van der Waals surface area contributed by atoms with E-state index in [-0.39, 0.29) is 11.8 Å². The second kappa shape index (κ2) is 5.82. The second-order valence-electron chi connectivity index (χ2n) is 3.22. The molecule has 0 saturated carbocycles. The molecule has 15 heavy (non-hydrogen) atoms. The van der Waals surface area contributed by atoms with Gasteiger partial charge in [0.2, 0.25) is 0 Å². The van der Waals surface area contributed by atoms with Crippen molar-refractivity contribution in [2.24, 2.45) is 16.6 Å². The minimum absolute atomic E-state index is 0.195. The predicted octanol–water partition coefficient (Wildman–Crippen LogP) is 1.72. The largest absolute Gasteiger partial charge is 0.390 e. The standard InChI is InChI=1S/C12H14N2O/c1-2-6-11(12(15)14-9-13)10-7-4-3-5-8-10/h4,7-9,11H,2,6H2,1H3,(H2,13,14,15). The summed E-state index contributed by atoms with van der Waals surface area (Å²) >= 11 is 0. The third-order valence-electron chi connectivity index (χ3n) is 2.16. The molecule has 0 aliphatic heterocycles. The lowest BCUT2D eigenvalue weighted by molar-refractivity contribution is -0.120. The molecule has 1 aliphatic carbocycles. The lowest BCUT2D eigenvalue weighted by atomic mass is 9.92. The average Bonchev–Trinajstić information content (AvgIpc) is 2.27. The molecule has 0 saturated heterocycles. The van der Waals surface area contributed by atoms with Crippen molar-refractivity contribution in [1.82, 2.24) is 0 Å². The Morgan fingerprint density at radius 2 is 2.47 bits per heavy atom. The summed E-state index contributed by atoms with van der Waals surface area (Å²) in [5.41, 5.74) is 11.7. The highest BCUT2D eigenvalue weighted by atomic mass is 16.1. The summed E-state index contributed by atoms with van der Waals surface area (Å²) in [5.74, 6) is -0.403. The van der Waals surface area contributed by atoms with E-state index in [1.54, 1.807) is 12.2 Å². The van der Waals surface area contributed by atoms with E-state index in [1.807, 2.05) is 13.0 Å². The third kappa shape index (κ3) is 3.10. The van der Waals surface area contributed by atoms with Crippen molar-refractivity contribution < 1.29 is 4.79 Å². The van der Waals surface area contributed by atoms with Crippen LogP contribution in [-0.2, 0) is 4.79 Å². The number of hydrogen-bond acceptors (Lipinski definition) is 1. The number of hydrogen-bond donors (Lipinski definition) is 1. The normalized spacial score (nSPS) is 15.7. The van der Waals surface area contributed by atoms with Crippen LogP contribution in [0.25, 0.3) is 0 Å². The zero-order valence-electron chi connectivity index (χ0n) is 8.73. The van der Waals surface area contributed by atoms with E-state index >= 15 is 0 Å². The van der Waals surface area contributed by atoms with Gasteiger partial charge in [-0.1, -0.05) is 24.8 Å². The van der Waals surface area contributed by atoms with Crippen LogP contribution in [0.3, 0.4) is 0 Å². The van der Waals surface area contributed by atoms with Gasteiger partial charge in [-0.15, -0.1) is 0 Å². The molecule has 1 unspecified atom stereocenters. The van der Waals surface area contributed by atoms with E-state index in [4.69, 9.17) is 5.73 Å². The molecule has 0 aromatic carbocycles. The molecule has 1 amide bonds. The molecule has 0 fully saturated rings. The fourth-order valence-corrected chi connectivity index (χ4v) is 1.46. The van der Waals surface area contributed by atoms with Gasteiger partial charge in [0.1, 0.15) is 0 Å². The van der Waals surface area contributed by atoms with Gasteiger partial charge >= 0.3 is 0 Å². The molecule has 3 heteroatoms. The van der Waals surface area contributed by atoms with E-state index < -0.39 is 0 Å². The molecule has 0 radical (unpaired) electrons. The number of rotatable bonds is 4. The molecule has 2 N–H and O–H groups in total. The number of aliphatic imine (C=N–C) groups is 1. The maximum Gasteiger partial charge on any atom is 0.254 e. The van der Waals surface area contributed by atoms with Crippen LogP contribution in [0, 0.1) is 5.92 Å². The topological polar surface area (TPSA) is 55.5 Å². The Morgan fingerprint density at radius 3 is 3.00 bits per heavy atom. The van der Waals surface area contributed by atoms with Gasteiger partial charge in [0.15, 0.2) is 0 Å². The Labute approximate surface area is 89.4 Å². The van der Waals surface area contributed by atoms with Gasteiger partial charge in [-0.2, -0.15) is 0 Å². The van der Waals surface area contributed by atoms with E-state index in [0.717, 1.165) is 24.8 Å². The first-order chi connectivity index (χ1) is 7.29. The number of carbonyl (C=O) groups is 1. The van der Waals surface area contributed by atoms with Gasteiger partial charge in [-0.25, -0.2) is 4.99 Å². The monoisotopic (exact) mass is 202 g/mol. The molecule has 0 bridgehead atoms. The van der Waals surface area contributed by atoms with Crippen molar-refractivity contribution in [3.05, 3.63) is 35.3 Å². The molecule has 0 aromatic rings. The van der Waals surface area contributed by atoms with E-state index in [1.165, 1.54) is 0 Å². The first kappa shape index (κ1) is 11.3. The minimum Gasteiger partial charge on any atom is -0.390 e. The summed E-state index contributed by atoms with van der Waals surface area (Å²) in [6.45, 7) is 2.03. The van der Waals surface area contributed by atoms with Crippen molar-refractivity contribution in [3.8, 4) is 0 Å². The van der Waals surface area contributed by atoms with Crippen LogP contribution < -0.4 is 5.73 Å². The summed E-state index contributed by atoms with van der Waals surface area (Å²) < 4.78 is 0. The third-order valence-corrected chi connectivity index (χ3v) is 2.16. The van der Waals surface area contributed by atoms with Gasteiger partial charge < -0.3 is 5.73 Å². The van der Waals surface area contributed by atoms with E-state index in [9.17, 15) is 4.79 Å². The van der Waals surface area contributed by atoms with Gasteiger partial charge in [0, 0.05) is 0 Å². The number of nitrogens with two attached hydrogens (primary N) is 1. The molecule has 0 heterocycles. The second-order valence-corrected chi connectivity index (χ2v) is 3.22. The van der Waals surface area contributed by atoms with E-state index in [0.29, 0.717) is 0 Å². The zero-order valence-corrected chi connectivity index (χ0v) is 8.73. The zero-order chi connectivity index (χ0) is 11.1. The molecular formula is C12H14N2O. The Bertz CT molecular complexity index is 392. The van der Waals surface area contributed by atoms with Crippen LogP contribution in [0.2, 0.25) is 0 Å². The first-order valence-corrected chi connectivity index (χ1v) is 4.95. The quantitative estimate of drug-likeness (QED) is 0.428. The molecule has 1 atom stereocenters. The Morgan fingerprint density at radius 1 is 1.67 bits per heavy atom. The van der Waals surface area contributed by atoms with Gasteiger partial charge in [0.05, 0.1) is 12.3 Å². The Kier molecular flexibility index (Phi) is 4.36. The summed E-state index contributed by atoms with van der Waals surface area (Å²) in [7, 11) is 0. The fraction of sp³-hybridized carbons (Fsp3) is 0.333. The van der Waals surface area contributed by atoms with Crippen LogP contribution in [0.5, 0.6) is 0 Å². The maximum atomic E-state index is 11.6. The molecule has 0 spiro atoms. The molecule has 1 aliphatic rings. The van der Waals surface area contributed by atoms with Crippen LogP contribution in [0.15, 0.2) is 40.3 Å². The lowest BCUT2D eigenvalue weighted by Gasteiger charge is -2.12. The van der Waals surface area contributed by atoms with Crippen LogP contribution >= 0.6 is 0 Å². The number of nitrogens with zero attached hydrogens (tertiary/aromatic N) is 1. The van der Waals surface area contributed by atoms with Crippen LogP contribution in [0.1, 0.15) is 19.8 Å². The predicted molar refractivity (Wildman–Crippen MR) is 60.3 cm³/mol. The van der Waals surface area contributed by atoms with Gasteiger partial charge in [0.25, 0.3) is 5.91 Å². The van der Waals surface area contributed by atoms with Crippen molar-refractivity contribution in [2.45, 2.75) is 19.8 Å². The summed E-state index contributed by atoms with van der Waals surface area (Å²) in [4.78, 5) is 15.2. The number of amides is 1. The summed E-state index contributed by atoms with van der Waals surface area (Å²) in [6, 6.07) is 0. The Hall–Kier alpha value is -1.82. The van der Waals surface area contributed by atoms with E-state index in [2.05, 4.69) is 16.5 Å². The van der Waals surface area contributed by atoms with Crippen LogP contribution in [0.4, 0.5) is 0 Å². The maximum absolute atomic E-state index is 11.6. The number of allylic oxidation sites excluding steroid dienone is 3. The summed E-state index contributed by atoms with van der Waals surface area (Å²) in [6.07, 6.45) is 8.12. The highest BCUT2D eigenvalue weighted by molar-refractivity contribution is 5.88.